The highest BCUT2D eigenvalue weighted by molar-refractivity contribution is 5.74. The number of amides is 2. The predicted octanol–water partition coefficient (Wildman–Crippen LogP) is -0.985. The monoisotopic (exact) mass is 129 g/mol. The lowest BCUT2D eigenvalue weighted by molar-refractivity contribution is 0.242. The molecular weight excluding hydrogens is 118 g/mol. The van der Waals surface area contributed by atoms with E-state index in [0.29, 0.717) is 0 Å². The Balaban J connectivity index is 2.12. The topological polar surface area (TPSA) is 67.2 Å². The highest BCUT2D eigenvalue weighted by atomic mass is 16.2. The van der Waals surface area contributed by atoms with Gasteiger partial charge in [-0.15, -0.1) is 0 Å². The molecule has 52 valence electrons. The third kappa shape index (κ3) is 1.57. The molecule has 0 heterocycles. The fourth-order valence-corrected chi connectivity index (χ4v) is 0.621. The van der Waals surface area contributed by atoms with Crippen molar-refractivity contribution >= 4 is 6.03 Å². The zero-order chi connectivity index (χ0) is 6.85. The quantitative estimate of drug-likeness (QED) is 0.426. The molecule has 4 N–H and O–H groups in total. The van der Waals surface area contributed by atoms with E-state index in [1.807, 2.05) is 0 Å². The van der Waals surface area contributed by atoms with Crippen LogP contribution < -0.4 is 16.4 Å². The van der Waals surface area contributed by atoms with Crippen LogP contribution in [0, 0.1) is 0 Å². The van der Waals surface area contributed by atoms with Gasteiger partial charge in [0.05, 0.1) is 0 Å². The Labute approximate surface area is 53.8 Å². The van der Waals surface area contributed by atoms with Crippen LogP contribution >= 0.6 is 0 Å². The molecule has 0 radical (unpaired) electrons. The van der Waals surface area contributed by atoms with E-state index >= 15 is 0 Å². The van der Waals surface area contributed by atoms with Gasteiger partial charge >= 0.3 is 6.03 Å². The van der Waals surface area contributed by atoms with Gasteiger partial charge in [0.25, 0.3) is 0 Å². The van der Waals surface area contributed by atoms with E-state index < -0.39 is 0 Å². The van der Waals surface area contributed by atoms with Crippen molar-refractivity contribution < 1.29 is 4.79 Å². The first-order chi connectivity index (χ1) is 4.24. The second kappa shape index (κ2) is 2.23. The largest absolute Gasteiger partial charge is 0.341 e. The number of urea groups is 1. The van der Waals surface area contributed by atoms with E-state index in [-0.39, 0.29) is 18.1 Å². The van der Waals surface area contributed by atoms with Crippen LogP contribution in [0.15, 0.2) is 0 Å². The van der Waals surface area contributed by atoms with Crippen molar-refractivity contribution in [1.29, 1.82) is 0 Å². The lowest BCUT2D eigenvalue weighted by atomic mass is 10.6. The molecule has 2 unspecified atom stereocenters. The number of rotatable bonds is 1. The number of hydrogen-bond donors (Lipinski definition) is 3. The fourth-order valence-electron chi connectivity index (χ4n) is 0.621. The summed E-state index contributed by atoms with van der Waals surface area (Å²) in [4.78, 5) is 10.5. The Morgan fingerprint density at radius 2 is 2.33 bits per heavy atom. The highest BCUT2D eigenvalue weighted by Gasteiger charge is 2.34. The van der Waals surface area contributed by atoms with Gasteiger partial charge in [0.1, 0.15) is 0 Å². The second-order valence-corrected chi connectivity index (χ2v) is 2.23. The number of carbonyl (C=O) groups is 1. The highest BCUT2D eigenvalue weighted by Crippen LogP contribution is 2.16. The molecule has 1 saturated carbocycles. The number of carbonyl (C=O) groups excluding carboxylic acids is 1. The molecular formula is C5H11N3O. The number of nitrogens with two attached hydrogens (primary N) is 1. The van der Waals surface area contributed by atoms with Crippen molar-refractivity contribution in [1.82, 2.24) is 10.6 Å². The summed E-state index contributed by atoms with van der Waals surface area (Å²) in [6.45, 7) is 0. The van der Waals surface area contributed by atoms with Crippen molar-refractivity contribution in [2.24, 2.45) is 5.73 Å². The average Bonchev–Trinajstić information content (AvgIpc) is 2.47. The molecule has 0 aromatic heterocycles. The third-order valence-corrected chi connectivity index (χ3v) is 1.38. The first kappa shape index (κ1) is 6.35. The van der Waals surface area contributed by atoms with Gasteiger partial charge in [0.15, 0.2) is 0 Å². The zero-order valence-corrected chi connectivity index (χ0v) is 5.35. The van der Waals surface area contributed by atoms with Gasteiger partial charge in [0, 0.05) is 19.1 Å². The Bertz CT molecular complexity index is 125. The molecule has 0 bridgehead atoms. The van der Waals surface area contributed by atoms with Crippen molar-refractivity contribution in [2.75, 3.05) is 7.05 Å². The maximum absolute atomic E-state index is 10.5. The molecule has 1 aliphatic carbocycles. The minimum absolute atomic E-state index is 0.145. The summed E-state index contributed by atoms with van der Waals surface area (Å²) in [6.07, 6.45) is 0.910. The molecule has 1 aliphatic rings. The SMILES string of the molecule is CNC(=O)NC1CC1N. The molecule has 0 aromatic carbocycles. The van der Waals surface area contributed by atoms with Gasteiger partial charge in [0.2, 0.25) is 0 Å². The zero-order valence-electron chi connectivity index (χ0n) is 5.35. The average molecular weight is 129 g/mol. The van der Waals surface area contributed by atoms with Gasteiger partial charge in [-0.2, -0.15) is 0 Å². The van der Waals surface area contributed by atoms with Gasteiger partial charge in [-0.25, -0.2) is 4.79 Å². The lowest BCUT2D eigenvalue weighted by Gasteiger charge is -1.99. The molecule has 0 saturated heterocycles. The molecule has 2 amide bonds. The normalized spacial score (nSPS) is 31.3. The van der Waals surface area contributed by atoms with Crippen LogP contribution in [0.25, 0.3) is 0 Å². The Kier molecular flexibility index (Phi) is 1.57. The summed E-state index contributed by atoms with van der Waals surface area (Å²) in [6, 6.07) is 0.250. The van der Waals surface area contributed by atoms with Crippen molar-refractivity contribution in [3.63, 3.8) is 0 Å². The molecule has 1 fully saturated rings. The summed E-state index contributed by atoms with van der Waals surface area (Å²) in [5, 5.41) is 5.13. The lowest BCUT2D eigenvalue weighted by Crippen LogP contribution is -2.36. The van der Waals surface area contributed by atoms with Gasteiger partial charge in [-0.3, -0.25) is 0 Å². The van der Waals surface area contributed by atoms with Gasteiger partial charge in [-0.1, -0.05) is 0 Å². The Morgan fingerprint density at radius 1 is 1.78 bits per heavy atom. The predicted molar refractivity (Wildman–Crippen MR) is 34.0 cm³/mol. The smallest absolute Gasteiger partial charge is 0.314 e. The summed E-state index contributed by atoms with van der Waals surface area (Å²) in [5.74, 6) is 0. The summed E-state index contributed by atoms with van der Waals surface area (Å²) in [5.41, 5.74) is 5.43. The van der Waals surface area contributed by atoms with E-state index in [0.717, 1.165) is 6.42 Å². The Morgan fingerprint density at radius 3 is 2.67 bits per heavy atom. The third-order valence-electron chi connectivity index (χ3n) is 1.38. The van der Waals surface area contributed by atoms with Crippen LogP contribution in [0.2, 0.25) is 0 Å². The summed E-state index contributed by atoms with van der Waals surface area (Å²) >= 11 is 0. The standard InChI is InChI=1S/C5H11N3O/c1-7-5(9)8-4-2-3(4)6/h3-4H,2,6H2,1H3,(H2,7,8,9). The maximum atomic E-state index is 10.5. The first-order valence-electron chi connectivity index (χ1n) is 2.98. The molecule has 4 nitrogen and oxygen atoms in total. The molecule has 0 aromatic rings. The molecule has 1 rings (SSSR count). The maximum Gasteiger partial charge on any atom is 0.314 e. The van der Waals surface area contributed by atoms with Crippen LogP contribution in [0.1, 0.15) is 6.42 Å². The van der Waals surface area contributed by atoms with Crippen LogP contribution in [-0.4, -0.2) is 25.2 Å². The van der Waals surface area contributed by atoms with E-state index in [1.165, 1.54) is 0 Å². The van der Waals surface area contributed by atoms with E-state index in [2.05, 4.69) is 10.6 Å². The van der Waals surface area contributed by atoms with Crippen LogP contribution in [0.4, 0.5) is 4.79 Å². The van der Waals surface area contributed by atoms with Crippen LogP contribution in [-0.2, 0) is 0 Å². The van der Waals surface area contributed by atoms with Crippen molar-refractivity contribution in [2.45, 2.75) is 18.5 Å². The van der Waals surface area contributed by atoms with Gasteiger partial charge < -0.3 is 16.4 Å². The molecule has 4 heteroatoms. The number of hydrogen-bond acceptors (Lipinski definition) is 2. The summed E-state index contributed by atoms with van der Waals surface area (Å²) in [7, 11) is 1.59. The molecule has 9 heavy (non-hydrogen) atoms. The van der Waals surface area contributed by atoms with Crippen molar-refractivity contribution in [3.8, 4) is 0 Å². The minimum atomic E-state index is -0.145. The second-order valence-electron chi connectivity index (χ2n) is 2.23. The number of nitrogens with one attached hydrogen (secondary N) is 2. The van der Waals surface area contributed by atoms with Gasteiger partial charge in [-0.05, 0) is 6.42 Å². The minimum Gasteiger partial charge on any atom is -0.341 e. The van der Waals surface area contributed by atoms with Crippen molar-refractivity contribution in [3.05, 3.63) is 0 Å². The first-order valence-corrected chi connectivity index (χ1v) is 2.98. The fraction of sp³-hybridized carbons (Fsp3) is 0.800. The van der Waals surface area contributed by atoms with Crippen LogP contribution in [0.3, 0.4) is 0 Å². The van der Waals surface area contributed by atoms with E-state index in [9.17, 15) is 4.79 Å². The van der Waals surface area contributed by atoms with E-state index in [1.54, 1.807) is 7.05 Å². The molecule has 2 atom stereocenters. The Hall–Kier alpha value is -0.770. The molecule has 0 spiro atoms. The summed E-state index contributed by atoms with van der Waals surface area (Å²) < 4.78 is 0. The van der Waals surface area contributed by atoms with Crippen LogP contribution in [0.5, 0.6) is 0 Å². The molecule has 0 aliphatic heterocycles. The van der Waals surface area contributed by atoms with E-state index in [4.69, 9.17) is 5.73 Å².